The average molecular weight is 264 g/mol. The minimum Gasteiger partial charge on any atom is -0.330 e. The van der Waals surface area contributed by atoms with Crippen molar-refractivity contribution in [1.29, 1.82) is 0 Å². The smallest absolute Gasteiger partial charge is 0.0548 e. The Morgan fingerprint density at radius 3 is 2.47 bits per heavy atom. The first-order valence-electron chi connectivity index (χ1n) is 5.51. The van der Waals surface area contributed by atoms with Gasteiger partial charge in [0.25, 0.3) is 0 Å². The van der Waals surface area contributed by atoms with Crippen LogP contribution in [0.4, 0.5) is 0 Å². The van der Waals surface area contributed by atoms with Crippen molar-refractivity contribution in [2.24, 2.45) is 5.73 Å². The molecule has 0 fully saturated rings. The lowest BCUT2D eigenvalue weighted by Gasteiger charge is -2.10. The average Bonchev–Trinajstić information content (AvgIpc) is 2.35. The summed E-state index contributed by atoms with van der Waals surface area (Å²) in [6.45, 7) is 0.642. The van der Waals surface area contributed by atoms with Gasteiger partial charge in [0.1, 0.15) is 0 Å². The molecule has 3 heteroatoms. The first-order valence-corrected chi connectivity index (χ1v) is 6.71. The molecule has 0 aliphatic carbocycles. The first-order chi connectivity index (χ1) is 8.31. The highest BCUT2D eigenvalue weighted by Crippen LogP contribution is 2.35. The predicted octanol–water partition coefficient (Wildman–Crippen LogP) is 3.99. The lowest BCUT2D eigenvalue weighted by atomic mass is 10.1. The Morgan fingerprint density at radius 2 is 1.76 bits per heavy atom. The zero-order chi connectivity index (χ0) is 12.1. The zero-order valence-corrected chi connectivity index (χ0v) is 11.0. The molecule has 88 valence electrons. The van der Waals surface area contributed by atoms with E-state index < -0.39 is 0 Å². The maximum atomic E-state index is 6.25. The molecule has 0 heterocycles. The van der Waals surface area contributed by atoms with Gasteiger partial charge >= 0.3 is 0 Å². The van der Waals surface area contributed by atoms with Crippen LogP contribution in [0.2, 0.25) is 5.02 Å². The summed E-state index contributed by atoms with van der Waals surface area (Å²) in [5.41, 5.74) is 6.84. The van der Waals surface area contributed by atoms with Gasteiger partial charge in [0.2, 0.25) is 0 Å². The van der Waals surface area contributed by atoms with Crippen molar-refractivity contribution in [1.82, 2.24) is 0 Å². The van der Waals surface area contributed by atoms with Crippen LogP contribution in [0.15, 0.2) is 58.3 Å². The van der Waals surface area contributed by atoms with Crippen LogP contribution in [0.3, 0.4) is 0 Å². The highest BCUT2D eigenvalue weighted by atomic mass is 35.5. The second-order valence-electron chi connectivity index (χ2n) is 3.68. The summed E-state index contributed by atoms with van der Waals surface area (Å²) in [6.07, 6.45) is 0.857. The summed E-state index contributed by atoms with van der Waals surface area (Å²) in [6, 6.07) is 16.2. The Hall–Kier alpha value is -0.960. The molecule has 0 amide bonds. The largest absolute Gasteiger partial charge is 0.330 e. The zero-order valence-electron chi connectivity index (χ0n) is 9.40. The summed E-state index contributed by atoms with van der Waals surface area (Å²) in [5, 5.41) is 0.796. The molecule has 0 aromatic heterocycles. The topological polar surface area (TPSA) is 26.0 Å². The van der Waals surface area contributed by atoms with E-state index in [0.717, 1.165) is 16.3 Å². The molecule has 17 heavy (non-hydrogen) atoms. The number of hydrogen-bond donors (Lipinski definition) is 1. The monoisotopic (exact) mass is 263 g/mol. The Bertz CT molecular complexity index is 485. The fraction of sp³-hybridized carbons (Fsp3) is 0.143. The van der Waals surface area contributed by atoms with E-state index in [0.29, 0.717) is 6.54 Å². The molecule has 0 atom stereocenters. The Labute approximate surface area is 111 Å². The van der Waals surface area contributed by atoms with Gasteiger partial charge in [0.15, 0.2) is 0 Å². The van der Waals surface area contributed by atoms with Gasteiger partial charge in [-0.3, -0.25) is 0 Å². The molecule has 0 saturated heterocycles. The highest BCUT2D eigenvalue weighted by molar-refractivity contribution is 7.99. The van der Waals surface area contributed by atoms with Crippen molar-refractivity contribution < 1.29 is 0 Å². The molecular formula is C14H14ClNS. The minimum atomic E-state index is 0.642. The van der Waals surface area contributed by atoms with Gasteiger partial charge < -0.3 is 5.73 Å². The van der Waals surface area contributed by atoms with E-state index in [9.17, 15) is 0 Å². The van der Waals surface area contributed by atoms with Crippen molar-refractivity contribution in [2.75, 3.05) is 6.54 Å². The molecule has 2 aromatic rings. The highest BCUT2D eigenvalue weighted by Gasteiger charge is 2.07. The van der Waals surface area contributed by atoms with Crippen LogP contribution in [-0.4, -0.2) is 6.54 Å². The quantitative estimate of drug-likeness (QED) is 0.903. The maximum Gasteiger partial charge on any atom is 0.0548 e. The molecule has 0 unspecified atom stereocenters. The fourth-order valence-electron chi connectivity index (χ4n) is 1.63. The number of nitrogens with two attached hydrogens (primary N) is 1. The van der Waals surface area contributed by atoms with Gasteiger partial charge in [-0.05, 0) is 36.7 Å². The molecule has 0 saturated carbocycles. The molecule has 2 N–H and O–H groups in total. The molecule has 0 aliphatic rings. The van der Waals surface area contributed by atoms with Crippen LogP contribution in [0.1, 0.15) is 5.56 Å². The fourth-order valence-corrected chi connectivity index (χ4v) is 2.93. The van der Waals surface area contributed by atoms with Gasteiger partial charge in [0.05, 0.1) is 5.02 Å². The third-order valence-corrected chi connectivity index (χ3v) is 4.05. The van der Waals surface area contributed by atoms with E-state index in [4.69, 9.17) is 17.3 Å². The SMILES string of the molecule is NCCc1cccc(Cl)c1Sc1ccccc1. The van der Waals surface area contributed by atoms with Crippen LogP contribution in [0.25, 0.3) is 0 Å². The van der Waals surface area contributed by atoms with Gasteiger partial charge in [-0.2, -0.15) is 0 Å². The molecule has 0 bridgehead atoms. The Kier molecular flexibility index (Phi) is 4.49. The maximum absolute atomic E-state index is 6.25. The van der Waals surface area contributed by atoms with Gasteiger partial charge in [-0.25, -0.2) is 0 Å². The lowest BCUT2D eigenvalue weighted by Crippen LogP contribution is -2.03. The standard InChI is InChI=1S/C14H14ClNS/c15-13-8-4-5-11(9-10-16)14(13)17-12-6-2-1-3-7-12/h1-8H,9-10,16H2. The molecule has 0 radical (unpaired) electrons. The number of benzene rings is 2. The van der Waals surface area contributed by atoms with Crippen LogP contribution in [0, 0.1) is 0 Å². The minimum absolute atomic E-state index is 0.642. The van der Waals surface area contributed by atoms with Crippen LogP contribution < -0.4 is 5.73 Å². The van der Waals surface area contributed by atoms with E-state index in [2.05, 4.69) is 18.2 Å². The third-order valence-electron chi connectivity index (χ3n) is 2.43. The summed E-state index contributed by atoms with van der Waals surface area (Å²) in [4.78, 5) is 2.31. The normalized spacial score (nSPS) is 10.5. The van der Waals surface area contributed by atoms with Crippen LogP contribution >= 0.6 is 23.4 Å². The third kappa shape index (κ3) is 3.25. The molecule has 0 aliphatic heterocycles. The second kappa shape index (κ2) is 6.10. The first kappa shape index (κ1) is 12.5. The molecule has 2 aromatic carbocycles. The summed E-state index contributed by atoms with van der Waals surface area (Å²) in [5.74, 6) is 0. The number of hydrogen-bond acceptors (Lipinski definition) is 2. The molecular weight excluding hydrogens is 250 g/mol. The molecule has 2 rings (SSSR count). The second-order valence-corrected chi connectivity index (χ2v) is 5.17. The van der Waals surface area contributed by atoms with E-state index in [1.807, 2.05) is 30.3 Å². The summed E-state index contributed by atoms with van der Waals surface area (Å²) >= 11 is 7.95. The van der Waals surface area contributed by atoms with Gasteiger partial charge in [-0.1, -0.05) is 53.7 Å². The van der Waals surface area contributed by atoms with Crippen LogP contribution in [-0.2, 0) is 6.42 Å². The van der Waals surface area contributed by atoms with Crippen LogP contribution in [0.5, 0.6) is 0 Å². The molecule has 1 nitrogen and oxygen atoms in total. The Morgan fingerprint density at radius 1 is 1.00 bits per heavy atom. The van der Waals surface area contributed by atoms with E-state index in [-0.39, 0.29) is 0 Å². The number of rotatable bonds is 4. The van der Waals surface area contributed by atoms with E-state index in [1.54, 1.807) is 11.8 Å². The Balaban J connectivity index is 2.31. The lowest BCUT2D eigenvalue weighted by molar-refractivity contribution is 0.944. The summed E-state index contributed by atoms with van der Waals surface area (Å²) in [7, 11) is 0. The van der Waals surface area contributed by atoms with E-state index >= 15 is 0 Å². The molecule has 0 spiro atoms. The van der Waals surface area contributed by atoms with Crippen molar-refractivity contribution >= 4 is 23.4 Å². The van der Waals surface area contributed by atoms with Crippen molar-refractivity contribution in [2.45, 2.75) is 16.2 Å². The van der Waals surface area contributed by atoms with Gasteiger partial charge in [0, 0.05) is 9.79 Å². The van der Waals surface area contributed by atoms with Crippen molar-refractivity contribution in [3.8, 4) is 0 Å². The number of halogens is 1. The predicted molar refractivity (Wildman–Crippen MR) is 74.8 cm³/mol. The van der Waals surface area contributed by atoms with E-state index in [1.165, 1.54) is 10.5 Å². The van der Waals surface area contributed by atoms with Crippen molar-refractivity contribution in [3.63, 3.8) is 0 Å². The van der Waals surface area contributed by atoms with Gasteiger partial charge in [-0.15, -0.1) is 0 Å². The summed E-state index contributed by atoms with van der Waals surface area (Å²) < 4.78 is 0. The van der Waals surface area contributed by atoms with Crippen molar-refractivity contribution in [3.05, 3.63) is 59.1 Å².